The molecule has 3 N–H and O–H groups in total. The van der Waals surface area contributed by atoms with Gasteiger partial charge in [0, 0.05) is 5.56 Å². The molecule has 0 unspecified atom stereocenters. The Hall–Kier alpha value is -2.40. The number of benzene rings is 2. The Kier molecular flexibility index (Phi) is 4.00. The SMILES string of the molecule is Cl.N=C(N)c1cccc(Cn2nnc3ccccc32)c1. The van der Waals surface area contributed by atoms with Gasteiger partial charge in [0.2, 0.25) is 0 Å². The molecule has 102 valence electrons. The third kappa shape index (κ3) is 2.62. The van der Waals surface area contributed by atoms with Crippen molar-refractivity contribution in [3.8, 4) is 0 Å². The molecule has 0 aliphatic rings. The van der Waals surface area contributed by atoms with Crippen LogP contribution in [0.1, 0.15) is 11.1 Å². The van der Waals surface area contributed by atoms with Crippen molar-refractivity contribution in [3.05, 3.63) is 59.7 Å². The van der Waals surface area contributed by atoms with Crippen molar-refractivity contribution in [2.24, 2.45) is 5.73 Å². The summed E-state index contributed by atoms with van der Waals surface area (Å²) in [6.07, 6.45) is 0. The lowest BCUT2D eigenvalue weighted by Crippen LogP contribution is -2.11. The number of nitrogens with one attached hydrogen (secondary N) is 1. The molecule has 0 saturated carbocycles. The summed E-state index contributed by atoms with van der Waals surface area (Å²) in [5.74, 6) is 0.0744. The molecule has 0 aliphatic heterocycles. The average molecular weight is 288 g/mol. The molecule has 5 nitrogen and oxygen atoms in total. The summed E-state index contributed by atoms with van der Waals surface area (Å²) in [6, 6.07) is 15.4. The van der Waals surface area contributed by atoms with Gasteiger partial charge >= 0.3 is 0 Å². The van der Waals surface area contributed by atoms with Crippen molar-refractivity contribution >= 4 is 29.3 Å². The molecule has 0 saturated heterocycles. The monoisotopic (exact) mass is 287 g/mol. The second-order valence-corrected chi connectivity index (χ2v) is 4.35. The molecule has 0 radical (unpaired) electrons. The summed E-state index contributed by atoms with van der Waals surface area (Å²) in [4.78, 5) is 0. The molecule has 6 heteroatoms. The van der Waals surface area contributed by atoms with Crippen LogP contribution >= 0.6 is 12.4 Å². The van der Waals surface area contributed by atoms with Gasteiger partial charge in [0.05, 0.1) is 12.1 Å². The molecule has 0 spiro atoms. The highest BCUT2D eigenvalue weighted by molar-refractivity contribution is 5.95. The van der Waals surface area contributed by atoms with Crippen LogP contribution in [0.2, 0.25) is 0 Å². The Morgan fingerprint density at radius 3 is 2.75 bits per heavy atom. The first-order valence-electron chi connectivity index (χ1n) is 5.95. The van der Waals surface area contributed by atoms with Crippen molar-refractivity contribution in [3.63, 3.8) is 0 Å². The average Bonchev–Trinajstić information content (AvgIpc) is 2.83. The van der Waals surface area contributed by atoms with Gasteiger partial charge in [-0.05, 0) is 23.8 Å². The lowest BCUT2D eigenvalue weighted by molar-refractivity contribution is 0.670. The lowest BCUT2D eigenvalue weighted by atomic mass is 10.1. The Labute approximate surface area is 122 Å². The number of hydrogen-bond donors (Lipinski definition) is 2. The number of hydrogen-bond acceptors (Lipinski definition) is 3. The van der Waals surface area contributed by atoms with Gasteiger partial charge in [0.15, 0.2) is 0 Å². The molecule has 0 amide bonds. The zero-order chi connectivity index (χ0) is 13.2. The zero-order valence-corrected chi connectivity index (χ0v) is 11.5. The maximum Gasteiger partial charge on any atom is 0.122 e. The van der Waals surface area contributed by atoms with Crippen LogP contribution in [-0.2, 0) is 6.54 Å². The Bertz CT molecular complexity index is 750. The molecule has 1 heterocycles. The van der Waals surface area contributed by atoms with E-state index < -0.39 is 0 Å². The van der Waals surface area contributed by atoms with E-state index in [4.69, 9.17) is 11.1 Å². The van der Waals surface area contributed by atoms with Gasteiger partial charge in [-0.25, -0.2) is 4.68 Å². The van der Waals surface area contributed by atoms with Gasteiger partial charge in [-0.1, -0.05) is 35.5 Å². The molecular weight excluding hydrogens is 274 g/mol. The van der Waals surface area contributed by atoms with E-state index in [-0.39, 0.29) is 18.2 Å². The predicted octanol–water partition coefficient (Wildman–Crippen LogP) is 2.19. The van der Waals surface area contributed by atoms with Crippen LogP contribution in [-0.4, -0.2) is 20.8 Å². The van der Waals surface area contributed by atoms with Gasteiger partial charge in [0.1, 0.15) is 11.4 Å². The van der Waals surface area contributed by atoms with E-state index in [9.17, 15) is 0 Å². The molecule has 20 heavy (non-hydrogen) atoms. The fourth-order valence-electron chi connectivity index (χ4n) is 2.04. The van der Waals surface area contributed by atoms with Gasteiger partial charge in [-0.15, -0.1) is 17.5 Å². The molecular formula is C14H14ClN5. The number of nitrogens with two attached hydrogens (primary N) is 1. The number of nitrogens with zero attached hydrogens (tertiary/aromatic N) is 3. The van der Waals surface area contributed by atoms with Gasteiger partial charge in [-0.2, -0.15) is 0 Å². The van der Waals surface area contributed by atoms with Crippen LogP contribution in [0.4, 0.5) is 0 Å². The van der Waals surface area contributed by atoms with E-state index in [2.05, 4.69) is 10.3 Å². The van der Waals surface area contributed by atoms with Crippen LogP contribution in [0.15, 0.2) is 48.5 Å². The third-order valence-corrected chi connectivity index (χ3v) is 2.99. The molecule has 0 aliphatic carbocycles. The number of amidine groups is 1. The number of fused-ring (bicyclic) bond motifs is 1. The van der Waals surface area contributed by atoms with Crippen molar-refractivity contribution < 1.29 is 0 Å². The van der Waals surface area contributed by atoms with Crippen LogP contribution in [0.3, 0.4) is 0 Å². The van der Waals surface area contributed by atoms with Gasteiger partial charge in [0.25, 0.3) is 0 Å². The lowest BCUT2D eigenvalue weighted by Gasteiger charge is -2.05. The van der Waals surface area contributed by atoms with Crippen molar-refractivity contribution in [1.82, 2.24) is 15.0 Å². The maximum atomic E-state index is 7.46. The molecule has 2 aromatic carbocycles. The van der Waals surface area contributed by atoms with Crippen molar-refractivity contribution in [2.45, 2.75) is 6.54 Å². The van der Waals surface area contributed by atoms with Crippen LogP contribution in [0.5, 0.6) is 0 Å². The molecule has 3 rings (SSSR count). The summed E-state index contributed by atoms with van der Waals surface area (Å²) < 4.78 is 1.84. The van der Waals surface area contributed by atoms with Crippen LogP contribution < -0.4 is 5.73 Å². The smallest absolute Gasteiger partial charge is 0.122 e. The third-order valence-electron chi connectivity index (χ3n) is 2.99. The first-order valence-corrected chi connectivity index (χ1v) is 5.95. The highest BCUT2D eigenvalue weighted by Gasteiger charge is 2.05. The van der Waals surface area contributed by atoms with Crippen LogP contribution in [0.25, 0.3) is 11.0 Å². The minimum absolute atomic E-state index is 0. The minimum Gasteiger partial charge on any atom is -0.384 e. The Morgan fingerprint density at radius 1 is 1.15 bits per heavy atom. The zero-order valence-electron chi connectivity index (χ0n) is 10.7. The Morgan fingerprint density at radius 2 is 1.95 bits per heavy atom. The summed E-state index contributed by atoms with van der Waals surface area (Å²) in [5, 5.41) is 15.7. The molecule has 3 aromatic rings. The topological polar surface area (TPSA) is 80.6 Å². The van der Waals surface area contributed by atoms with E-state index >= 15 is 0 Å². The van der Waals surface area contributed by atoms with E-state index in [1.54, 1.807) is 0 Å². The van der Waals surface area contributed by atoms with E-state index in [1.807, 2.05) is 53.2 Å². The molecule has 0 atom stereocenters. The van der Waals surface area contributed by atoms with Gasteiger partial charge < -0.3 is 5.73 Å². The molecule has 0 bridgehead atoms. The number of aromatic nitrogens is 3. The highest BCUT2D eigenvalue weighted by atomic mass is 35.5. The fourth-order valence-corrected chi connectivity index (χ4v) is 2.04. The second kappa shape index (κ2) is 5.71. The number of halogens is 1. The molecule has 1 aromatic heterocycles. The standard InChI is InChI=1S/C14H13N5.ClH/c15-14(16)11-5-3-4-10(8-11)9-19-13-7-2-1-6-12(13)17-18-19;/h1-8H,9H2,(H3,15,16);1H. The van der Waals surface area contributed by atoms with E-state index in [0.29, 0.717) is 6.54 Å². The number of rotatable bonds is 3. The highest BCUT2D eigenvalue weighted by Crippen LogP contribution is 2.13. The predicted molar refractivity (Wildman–Crippen MR) is 81.3 cm³/mol. The summed E-state index contributed by atoms with van der Waals surface area (Å²) in [7, 11) is 0. The van der Waals surface area contributed by atoms with Crippen LogP contribution in [0, 0.1) is 5.41 Å². The van der Waals surface area contributed by atoms with E-state index in [0.717, 1.165) is 22.2 Å². The maximum absolute atomic E-state index is 7.46. The Balaban J connectivity index is 0.00000147. The summed E-state index contributed by atoms with van der Waals surface area (Å²) >= 11 is 0. The second-order valence-electron chi connectivity index (χ2n) is 4.35. The summed E-state index contributed by atoms with van der Waals surface area (Å²) in [5.41, 5.74) is 9.14. The van der Waals surface area contributed by atoms with Crippen molar-refractivity contribution in [2.75, 3.05) is 0 Å². The number of para-hydroxylation sites is 1. The summed E-state index contributed by atoms with van der Waals surface area (Å²) in [6.45, 7) is 0.613. The normalized spacial score (nSPS) is 10.2. The fraction of sp³-hybridized carbons (Fsp3) is 0.0714. The first kappa shape index (κ1) is 14.0. The van der Waals surface area contributed by atoms with Crippen molar-refractivity contribution in [1.29, 1.82) is 5.41 Å². The van der Waals surface area contributed by atoms with E-state index in [1.165, 1.54) is 0 Å². The molecule has 0 fully saturated rings. The quantitative estimate of drug-likeness (QED) is 0.572. The minimum atomic E-state index is 0. The number of nitrogen functional groups attached to an aromatic ring is 1. The first-order chi connectivity index (χ1) is 9.24. The largest absolute Gasteiger partial charge is 0.384 e. The van der Waals surface area contributed by atoms with Gasteiger partial charge in [-0.3, -0.25) is 5.41 Å².